The van der Waals surface area contributed by atoms with Gasteiger partial charge < -0.3 is 14.5 Å². The molecule has 27 heavy (non-hydrogen) atoms. The fraction of sp³-hybridized carbons (Fsp3) is 0.273. The molecule has 0 aliphatic rings. The maximum Gasteiger partial charge on any atom is 0.224 e. The van der Waals surface area contributed by atoms with E-state index in [1.165, 1.54) is 5.56 Å². The molecule has 0 bridgehead atoms. The quantitative estimate of drug-likeness (QED) is 0.637. The summed E-state index contributed by atoms with van der Waals surface area (Å²) in [5.41, 5.74) is 2.98. The lowest BCUT2D eigenvalue weighted by atomic mass is 10.0. The number of anilines is 1. The predicted octanol–water partition coefficient (Wildman–Crippen LogP) is 5.04. The number of methoxy groups -OCH3 is 1. The van der Waals surface area contributed by atoms with E-state index in [0.717, 1.165) is 5.56 Å². The summed E-state index contributed by atoms with van der Waals surface area (Å²) in [7, 11) is 1.59. The molecule has 3 rings (SSSR count). The molecule has 5 nitrogen and oxygen atoms in total. The van der Waals surface area contributed by atoms with E-state index in [2.05, 4.69) is 36.3 Å². The number of carbonyl (C=O) groups is 1. The van der Waals surface area contributed by atoms with E-state index in [-0.39, 0.29) is 5.91 Å². The van der Waals surface area contributed by atoms with Gasteiger partial charge in [0.2, 0.25) is 5.91 Å². The number of hydrogen-bond acceptors (Lipinski definition) is 4. The Kier molecular flexibility index (Phi) is 5.91. The van der Waals surface area contributed by atoms with Crippen molar-refractivity contribution in [3.8, 4) is 17.1 Å². The molecule has 0 saturated heterocycles. The molecule has 1 aromatic heterocycles. The molecule has 2 aromatic carbocycles. The van der Waals surface area contributed by atoms with Gasteiger partial charge in [-0.1, -0.05) is 44.2 Å². The third-order valence-corrected chi connectivity index (χ3v) is 4.33. The number of benzene rings is 2. The van der Waals surface area contributed by atoms with Crippen molar-refractivity contribution in [1.29, 1.82) is 0 Å². The molecule has 1 heterocycles. The Morgan fingerprint density at radius 1 is 1.19 bits per heavy atom. The number of hydrogen-bond donors (Lipinski definition) is 1. The van der Waals surface area contributed by atoms with E-state index in [4.69, 9.17) is 9.15 Å². The highest BCUT2D eigenvalue weighted by Gasteiger charge is 2.10. The van der Waals surface area contributed by atoms with Gasteiger partial charge >= 0.3 is 0 Å². The fourth-order valence-corrected chi connectivity index (χ4v) is 2.74. The largest absolute Gasteiger partial charge is 0.497 e. The molecule has 1 amide bonds. The van der Waals surface area contributed by atoms with Crippen LogP contribution >= 0.6 is 0 Å². The number of amides is 1. The average molecular weight is 364 g/mol. The lowest BCUT2D eigenvalue weighted by Gasteiger charge is -2.06. The monoisotopic (exact) mass is 364 g/mol. The van der Waals surface area contributed by atoms with Crippen molar-refractivity contribution in [2.24, 2.45) is 0 Å². The van der Waals surface area contributed by atoms with Gasteiger partial charge in [-0.25, -0.2) is 4.98 Å². The van der Waals surface area contributed by atoms with Gasteiger partial charge in [0.15, 0.2) is 11.7 Å². The third-order valence-electron chi connectivity index (χ3n) is 4.33. The third kappa shape index (κ3) is 4.97. The zero-order valence-corrected chi connectivity index (χ0v) is 15.9. The number of oxazole rings is 1. The molecule has 140 valence electrons. The first kappa shape index (κ1) is 18.7. The van der Waals surface area contributed by atoms with Gasteiger partial charge in [-0.3, -0.25) is 4.79 Å². The van der Waals surface area contributed by atoms with Crippen LogP contribution in [-0.2, 0) is 11.2 Å². The summed E-state index contributed by atoms with van der Waals surface area (Å²) in [6, 6.07) is 15.5. The van der Waals surface area contributed by atoms with Gasteiger partial charge in [0, 0.05) is 30.2 Å². The van der Waals surface area contributed by atoms with E-state index in [1.807, 2.05) is 30.3 Å². The number of aromatic nitrogens is 1. The van der Waals surface area contributed by atoms with E-state index in [9.17, 15) is 4.79 Å². The summed E-state index contributed by atoms with van der Waals surface area (Å²) in [5, 5.41) is 2.85. The normalized spacial score (nSPS) is 10.8. The highest BCUT2D eigenvalue weighted by molar-refractivity contribution is 5.90. The van der Waals surface area contributed by atoms with Crippen molar-refractivity contribution >= 4 is 11.6 Å². The Hall–Kier alpha value is -3.08. The van der Waals surface area contributed by atoms with Crippen LogP contribution in [0.15, 0.2) is 59.1 Å². The molecule has 0 fully saturated rings. The van der Waals surface area contributed by atoms with Gasteiger partial charge in [-0.2, -0.15) is 0 Å². The zero-order valence-electron chi connectivity index (χ0n) is 15.9. The highest BCUT2D eigenvalue weighted by atomic mass is 16.5. The lowest BCUT2D eigenvalue weighted by Crippen LogP contribution is -2.12. The first-order valence-electron chi connectivity index (χ1n) is 9.04. The number of ether oxygens (including phenoxy) is 1. The number of nitrogens with zero attached hydrogens (tertiary/aromatic N) is 1. The summed E-state index contributed by atoms with van der Waals surface area (Å²) >= 11 is 0. The number of nitrogens with one attached hydrogen (secondary N) is 1. The van der Waals surface area contributed by atoms with Gasteiger partial charge in [-0.15, -0.1) is 0 Å². The first-order chi connectivity index (χ1) is 13.0. The minimum absolute atomic E-state index is 0.0933. The van der Waals surface area contributed by atoms with Crippen molar-refractivity contribution in [3.63, 3.8) is 0 Å². The topological polar surface area (TPSA) is 64.4 Å². The second kappa shape index (κ2) is 8.54. The molecule has 0 saturated carbocycles. The van der Waals surface area contributed by atoms with Gasteiger partial charge in [0.1, 0.15) is 5.75 Å². The fourth-order valence-electron chi connectivity index (χ4n) is 2.74. The second-order valence-corrected chi connectivity index (χ2v) is 6.68. The predicted molar refractivity (Wildman–Crippen MR) is 106 cm³/mol. The van der Waals surface area contributed by atoms with E-state index < -0.39 is 0 Å². The Morgan fingerprint density at radius 3 is 2.67 bits per heavy atom. The molecule has 1 N–H and O–H groups in total. The Morgan fingerprint density at radius 2 is 1.96 bits per heavy atom. The Labute approximate surface area is 159 Å². The number of aryl methyl sites for hydroxylation is 1. The molecule has 0 radical (unpaired) electrons. The maximum atomic E-state index is 12.1. The van der Waals surface area contributed by atoms with Crippen LogP contribution in [0.2, 0.25) is 0 Å². The van der Waals surface area contributed by atoms with Crippen LogP contribution in [0.1, 0.15) is 37.6 Å². The number of carbonyl (C=O) groups excluding carboxylic acids is 1. The molecule has 0 aliphatic heterocycles. The molecule has 0 aliphatic carbocycles. The van der Waals surface area contributed by atoms with E-state index >= 15 is 0 Å². The molecular weight excluding hydrogens is 340 g/mol. The van der Waals surface area contributed by atoms with Crippen LogP contribution in [-0.4, -0.2) is 18.0 Å². The van der Waals surface area contributed by atoms with Gasteiger partial charge in [0.05, 0.1) is 13.3 Å². The summed E-state index contributed by atoms with van der Waals surface area (Å²) in [4.78, 5) is 16.4. The van der Waals surface area contributed by atoms with E-state index in [0.29, 0.717) is 41.8 Å². The molecule has 5 heteroatoms. The molecule has 0 atom stereocenters. The van der Waals surface area contributed by atoms with Crippen molar-refractivity contribution in [2.75, 3.05) is 12.4 Å². The average Bonchev–Trinajstić information content (AvgIpc) is 3.15. The lowest BCUT2D eigenvalue weighted by molar-refractivity contribution is -0.116. The SMILES string of the molecule is COc1cccc(NC(=O)CCc2ncc(-c3ccc(C(C)C)cc3)o2)c1. The van der Waals surface area contributed by atoms with Crippen LogP contribution in [0.3, 0.4) is 0 Å². The smallest absolute Gasteiger partial charge is 0.224 e. The number of rotatable bonds is 7. The van der Waals surface area contributed by atoms with Crippen LogP contribution < -0.4 is 10.1 Å². The second-order valence-electron chi connectivity index (χ2n) is 6.68. The van der Waals surface area contributed by atoms with Crippen LogP contribution in [0, 0.1) is 0 Å². The van der Waals surface area contributed by atoms with E-state index in [1.54, 1.807) is 19.4 Å². The Bertz CT molecular complexity index is 898. The summed E-state index contributed by atoms with van der Waals surface area (Å²) < 4.78 is 11.0. The van der Waals surface area contributed by atoms with Crippen molar-refractivity contribution in [3.05, 3.63) is 66.2 Å². The maximum absolute atomic E-state index is 12.1. The van der Waals surface area contributed by atoms with Crippen LogP contribution in [0.4, 0.5) is 5.69 Å². The highest BCUT2D eigenvalue weighted by Crippen LogP contribution is 2.24. The summed E-state index contributed by atoms with van der Waals surface area (Å²) in [5.74, 6) is 2.37. The van der Waals surface area contributed by atoms with Crippen molar-refractivity contribution in [2.45, 2.75) is 32.6 Å². The van der Waals surface area contributed by atoms with Crippen molar-refractivity contribution < 1.29 is 13.9 Å². The van der Waals surface area contributed by atoms with Gasteiger partial charge in [-0.05, 0) is 23.6 Å². The van der Waals surface area contributed by atoms with Crippen LogP contribution in [0.25, 0.3) is 11.3 Å². The minimum Gasteiger partial charge on any atom is -0.497 e. The molecule has 0 unspecified atom stereocenters. The summed E-state index contributed by atoms with van der Waals surface area (Å²) in [6.07, 6.45) is 2.45. The summed E-state index contributed by atoms with van der Waals surface area (Å²) in [6.45, 7) is 4.33. The van der Waals surface area contributed by atoms with Crippen LogP contribution in [0.5, 0.6) is 5.75 Å². The zero-order chi connectivity index (χ0) is 19.2. The Balaban J connectivity index is 1.56. The molecular formula is C22H24N2O3. The standard InChI is InChI=1S/C22H24N2O3/c1-15(2)16-7-9-17(10-8-16)20-14-23-22(27-20)12-11-21(25)24-18-5-4-6-19(13-18)26-3/h4-10,13-15H,11-12H2,1-3H3,(H,24,25). The molecule has 3 aromatic rings. The first-order valence-corrected chi connectivity index (χ1v) is 9.04. The minimum atomic E-state index is -0.0933. The molecule has 0 spiro atoms. The van der Waals surface area contributed by atoms with Gasteiger partial charge in [0.25, 0.3) is 0 Å². The van der Waals surface area contributed by atoms with Crippen molar-refractivity contribution in [1.82, 2.24) is 4.98 Å².